The quantitative estimate of drug-likeness (QED) is 0.655. The fraction of sp³-hybridized carbons (Fsp3) is 0.200. The monoisotopic (exact) mass is 165 g/mol. The molecule has 0 aliphatic heterocycles. The normalized spacial score (nSPS) is 15.6. The maximum Gasteiger partial charge on any atom is 0.0110 e. The van der Waals surface area contributed by atoms with Crippen LogP contribution in [0.2, 0.25) is 0 Å². The molecule has 0 aromatic carbocycles. The lowest BCUT2D eigenvalue weighted by molar-refractivity contribution is 0.824. The van der Waals surface area contributed by atoms with Crippen molar-refractivity contribution in [1.29, 1.82) is 0 Å². The average Bonchev–Trinajstić information content (AvgIpc) is 2.28. The van der Waals surface area contributed by atoms with Crippen LogP contribution in [0.1, 0.15) is 6.42 Å². The summed E-state index contributed by atoms with van der Waals surface area (Å²) in [6, 6.07) is 0. The number of allylic oxidation sites excluding steroid dienone is 7. The van der Waals surface area contributed by atoms with E-state index in [9.17, 15) is 0 Å². The lowest BCUT2D eigenvalue weighted by atomic mass is 10.1. The Kier molecular flexibility index (Phi) is 5.97. The zero-order chi connectivity index (χ0) is 7.94. The van der Waals surface area contributed by atoms with Crippen LogP contribution in [0.5, 0.6) is 0 Å². The zero-order valence-corrected chi connectivity index (χ0v) is 7.03. The Morgan fingerprint density at radius 1 is 1.33 bits per heavy atom. The van der Waals surface area contributed by atoms with Gasteiger partial charge in [0.2, 0.25) is 0 Å². The van der Waals surface area contributed by atoms with Gasteiger partial charge in [-0.05, 0) is 12.0 Å². The van der Waals surface area contributed by atoms with E-state index in [2.05, 4.69) is 24.3 Å². The largest absolute Gasteiger partial charge is 0.412 e. The van der Waals surface area contributed by atoms with Crippen LogP contribution in [-0.2, 0) is 0 Å². The topological polar surface area (TPSA) is 57.5 Å². The molecular weight excluding hydrogens is 150 g/mol. The van der Waals surface area contributed by atoms with Crippen LogP contribution < -0.4 is 5.73 Å². The summed E-state index contributed by atoms with van der Waals surface area (Å²) in [4.78, 5) is 0. The van der Waals surface area contributed by atoms with Gasteiger partial charge >= 0.3 is 0 Å². The van der Waals surface area contributed by atoms with Gasteiger partial charge in [-0.3, -0.25) is 0 Å². The first kappa shape index (κ1) is 10.9. The molecule has 12 heavy (non-hydrogen) atoms. The molecule has 4 N–H and O–H groups in total. The molecule has 2 nitrogen and oxygen atoms in total. The first-order valence-electron chi connectivity index (χ1n) is 3.82. The molecular formula is C10H15NO. The Labute approximate surface area is 73.1 Å². The minimum atomic E-state index is 0. The van der Waals surface area contributed by atoms with Crippen LogP contribution in [0.15, 0.2) is 48.1 Å². The maximum absolute atomic E-state index is 5.33. The van der Waals surface area contributed by atoms with E-state index in [1.807, 2.05) is 18.2 Å². The van der Waals surface area contributed by atoms with E-state index in [0.717, 1.165) is 6.42 Å². The molecule has 1 rings (SSSR count). The van der Waals surface area contributed by atoms with E-state index < -0.39 is 0 Å². The van der Waals surface area contributed by atoms with E-state index in [0.29, 0.717) is 6.54 Å². The molecule has 0 aromatic heterocycles. The standard InChI is InChI=1S/C10H13N.H2O/c11-9-5-8-10-6-3-1-2-4-7-10;/h1-6,8H,7,9,11H2;1H2/b8-5+;. The third kappa shape index (κ3) is 3.91. The van der Waals surface area contributed by atoms with Gasteiger partial charge in [-0.2, -0.15) is 0 Å². The second-order valence-corrected chi connectivity index (χ2v) is 2.40. The lowest BCUT2D eigenvalue weighted by Crippen LogP contribution is -1.92. The third-order valence-electron chi connectivity index (χ3n) is 1.49. The van der Waals surface area contributed by atoms with Crippen molar-refractivity contribution in [2.75, 3.05) is 6.54 Å². The summed E-state index contributed by atoms with van der Waals surface area (Å²) in [6.07, 6.45) is 15.4. The second kappa shape index (κ2) is 6.58. The fourth-order valence-corrected chi connectivity index (χ4v) is 0.937. The summed E-state index contributed by atoms with van der Waals surface area (Å²) < 4.78 is 0. The van der Waals surface area contributed by atoms with Crippen molar-refractivity contribution in [1.82, 2.24) is 0 Å². The first-order valence-corrected chi connectivity index (χ1v) is 3.82. The van der Waals surface area contributed by atoms with E-state index >= 15 is 0 Å². The number of hydrogen-bond donors (Lipinski definition) is 1. The third-order valence-corrected chi connectivity index (χ3v) is 1.49. The lowest BCUT2D eigenvalue weighted by Gasteiger charge is -1.92. The molecule has 0 bridgehead atoms. The van der Waals surface area contributed by atoms with E-state index in [1.54, 1.807) is 0 Å². The Bertz CT molecular complexity index is 224. The van der Waals surface area contributed by atoms with Crippen molar-refractivity contribution in [3.63, 3.8) is 0 Å². The van der Waals surface area contributed by atoms with Gasteiger partial charge in [0.15, 0.2) is 0 Å². The minimum Gasteiger partial charge on any atom is -0.412 e. The van der Waals surface area contributed by atoms with Gasteiger partial charge in [0.1, 0.15) is 0 Å². The molecule has 0 saturated heterocycles. The van der Waals surface area contributed by atoms with Crippen LogP contribution in [-0.4, -0.2) is 12.0 Å². The highest BCUT2D eigenvalue weighted by Crippen LogP contribution is 2.07. The van der Waals surface area contributed by atoms with Crippen molar-refractivity contribution in [2.45, 2.75) is 6.42 Å². The van der Waals surface area contributed by atoms with E-state index in [1.165, 1.54) is 5.57 Å². The van der Waals surface area contributed by atoms with Gasteiger partial charge in [-0.1, -0.05) is 42.5 Å². The highest BCUT2D eigenvalue weighted by molar-refractivity contribution is 5.30. The molecule has 1 aliphatic rings. The highest BCUT2D eigenvalue weighted by atomic mass is 16.0. The molecule has 66 valence electrons. The van der Waals surface area contributed by atoms with Gasteiger partial charge in [-0.25, -0.2) is 0 Å². The molecule has 2 heteroatoms. The number of rotatable bonds is 2. The Morgan fingerprint density at radius 2 is 2.17 bits per heavy atom. The van der Waals surface area contributed by atoms with Crippen molar-refractivity contribution in [3.05, 3.63) is 48.1 Å². The van der Waals surface area contributed by atoms with Crippen molar-refractivity contribution in [3.8, 4) is 0 Å². The molecule has 0 saturated carbocycles. The van der Waals surface area contributed by atoms with Gasteiger partial charge in [0, 0.05) is 6.54 Å². The predicted molar refractivity (Wildman–Crippen MR) is 52.8 cm³/mol. The molecule has 0 unspecified atom stereocenters. The summed E-state index contributed by atoms with van der Waals surface area (Å²) >= 11 is 0. The Hall–Kier alpha value is -1.12. The van der Waals surface area contributed by atoms with Crippen molar-refractivity contribution >= 4 is 0 Å². The second-order valence-electron chi connectivity index (χ2n) is 2.40. The highest BCUT2D eigenvalue weighted by Gasteiger charge is 1.88. The van der Waals surface area contributed by atoms with Gasteiger partial charge in [0.25, 0.3) is 0 Å². The summed E-state index contributed by atoms with van der Waals surface area (Å²) in [7, 11) is 0. The van der Waals surface area contributed by atoms with Crippen LogP contribution in [0.25, 0.3) is 0 Å². The Morgan fingerprint density at radius 3 is 2.92 bits per heavy atom. The molecule has 0 heterocycles. The average molecular weight is 165 g/mol. The zero-order valence-electron chi connectivity index (χ0n) is 7.03. The molecule has 1 aliphatic carbocycles. The molecule has 0 aromatic rings. The summed E-state index contributed by atoms with van der Waals surface area (Å²) in [6.45, 7) is 0.616. The first-order chi connectivity index (χ1) is 5.43. The van der Waals surface area contributed by atoms with Gasteiger partial charge < -0.3 is 11.2 Å². The van der Waals surface area contributed by atoms with E-state index in [-0.39, 0.29) is 5.48 Å². The number of hydrogen-bond acceptors (Lipinski definition) is 1. The number of nitrogens with two attached hydrogens (primary N) is 1. The maximum atomic E-state index is 5.33. The van der Waals surface area contributed by atoms with Crippen LogP contribution >= 0.6 is 0 Å². The smallest absolute Gasteiger partial charge is 0.0110 e. The molecule has 0 fully saturated rings. The minimum absolute atomic E-state index is 0. The molecule has 0 spiro atoms. The van der Waals surface area contributed by atoms with Crippen LogP contribution in [0.4, 0.5) is 0 Å². The molecule has 0 atom stereocenters. The van der Waals surface area contributed by atoms with Crippen molar-refractivity contribution < 1.29 is 5.48 Å². The summed E-state index contributed by atoms with van der Waals surface area (Å²) in [5.74, 6) is 0. The SMILES string of the molecule is NC/C=C/C1=CC=CC=CC1.O. The summed E-state index contributed by atoms with van der Waals surface area (Å²) in [5.41, 5.74) is 6.64. The van der Waals surface area contributed by atoms with Crippen molar-refractivity contribution in [2.24, 2.45) is 5.73 Å². The van der Waals surface area contributed by atoms with Gasteiger partial charge in [0.05, 0.1) is 0 Å². The van der Waals surface area contributed by atoms with Crippen LogP contribution in [0, 0.1) is 0 Å². The molecule has 0 amide bonds. The van der Waals surface area contributed by atoms with Crippen LogP contribution in [0.3, 0.4) is 0 Å². The predicted octanol–water partition coefficient (Wildman–Crippen LogP) is 1.12. The Balaban J connectivity index is 0.00000121. The van der Waals surface area contributed by atoms with E-state index in [4.69, 9.17) is 5.73 Å². The van der Waals surface area contributed by atoms with Gasteiger partial charge in [-0.15, -0.1) is 0 Å². The fourth-order valence-electron chi connectivity index (χ4n) is 0.937. The molecule has 0 radical (unpaired) electrons. The summed E-state index contributed by atoms with van der Waals surface area (Å²) in [5, 5.41) is 0.